The highest BCUT2D eigenvalue weighted by atomic mass is 32.2. The third-order valence-electron chi connectivity index (χ3n) is 3.58. The molecule has 0 saturated carbocycles. The van der Waals surface area contributed by atoms with Crippen molar-refractivity contribution in [3.8, 4) is 5.75 Å². The highest BCUT2D eigenvalue weighted by Gasteiger charge is 2.19. The number of sulfone groups is 1. The average molecular weight is 315 g/mol. The number of unbranched alkanes of at least 4 members (excludes halogenated alkanes) is 1. The molecule has 1 unspecified atom stereocenters. The lowest BCUT2D eigenvalue weighted by molar-refractivity contribution is 0.168. The highest BCUT2D eigenvalue weighted by molar-refractivity contribution is 7.90. The van der Waals surface area contributed by atoms with Crippen LogP contribution in [-0.4, -0.2) is 45.6 Å². The van der Waals surface area contributed by atoms with Gasteiger partial charge in [0.2, 0.25) is 0 Å². The molecule has 6 heteroatoms. The average Bonchev–Trinajstić information content (AvgIpc) is 2.46. The Morgan fingerprint density at radius 3 is 2.62 bits per heavy atom. The quantitative estimate of drug-likeness (QED) is 0.677. The minimum absolute atomic E-state index is 0.0980. The van der Waals surface area contributed by atoms with Crippen LogP contribution in [-0.2, 0) is 9.84 Å². The Morgan fingerprint density at radius 2 is 2.05 bits per heavy atom. The molecule has 0 radical (unpaired) electrons. The van der Waals surface area contributed by atoms with Gasteiger partial charge in [0.15, 0.2) is 9.84 Å². The molecule has 1 atom stereocenters. The maximum Gasteiger partial charge on any atom is 0.175 e. The molecule has 0 aliphatic carbocycles. The fourth-order valence-electron chi connectivity index (χ4n) is 1.89. The van der Waals surface area contributed by atoms with Gasteiger partial charge in [0, 0.05) is 11.8 Å². The zero-order chi connectivity index (χ0) is 15.9. The molecule has 0 amide bonds. The molecule has 1 aromatic rings. The van der Waals surface area contributed by atoms with Gasteiger partial charge in [0.05, 0.1) is 18.1 Å². The van der Waals surface area contributed by atoms with Crippen molar-refractivity contribution in [1.29, 1.82) is 0 Å². The molecule has 0 aromatic heterocycles. The summed E-state index contributed by atoms with van der Waals surface area (Å²) >= 11 is 0. The van der Waals surface area contributed by atoms with Crippen molar-refractivity contribution < 1.29 is 18.3 Å². The van der Waals surface area contributed by atoms with Crippen LogP contribution in [0.3, 0.4) is 0 Å². The van der Waals surface area contributed by atoms with E-state index in [2.05, 4.69) is 5.32 Å². The molecule has 21 heavy (non-hydrogen) atoms. The molecular weight excluding hydrogens is 290 g/mol. The number of aliphatic hydroxyl groups excluding tert-OH is 1. The smallest absolute Gasteiger partial charge is 0.175 e. The third-order valence-corrected chi connectivity index (χ3v) is 4.69. The standard InChI is InChI=1S/C15H25NO4S/c1-15(12-17,16-2)9-4-5-10-20-13-7-6-8-14(11-13)21(3,18)19/h6-8,11,16-17H,4-5,9-10,12H2,1-3H3. The summed E-state index contributed by atoms with van der Waals surface area (Å²) < 4.78 is 28.5. The molecule has 0 heterocycles. The summed E-state index contributed by atoms with van der Waals surface area (Å²) in [4.78, 5) is 0.267. The van der Waals surface area contributed by atoms with Crippen LogP contribution in [0.4, 0.5) is 0 Å². The van der Waals surface area contributed by atoms with E-state index in [9.17, 15) is 13.5 Å². The number of hydrogen-bond donors (Lipinski definition) is 2. The first-order chi connectivity index (χ1) is 9.80. The SMILES string of the molecule is CNC(C)(CO)CCCCOc1cccc(S(C)(=O)=O)c1. The Hall–Kier alpha value is -1.11. The molecule has 0 bridgehead atoms. The van der Waals surface area contributed by atoms with Crippen LogP contribution in [0, 0.1) is 0 Å². The van der Waals surface area contributed by atoms with Crippen molar-refractivity contribution in [3.05, 3.63) is 24.3 Å². The van der Waals surface area contributed by atoms with Crippen LogP contribution >= 0.6 is 0 Å². The molecule has 0 saturated heterocycles. The summed E-state index contributed by atoms with van der Waals surface area (Å²) in [5.74, 6) is 0.566. The van der Waals surface area contributed by atoms with E-state index in [1.165, 1.54) is 6.26 Å². The summed E-state index contributed by atoms with van der Waals surface area (Å²) in [5.41, 5.74) is -0.254. The number of hydrogen-bond acceptors (Lipinski definition) is 5. The van der Waals surface area contributed by atoms with Crippen LogP contribution in [0.25, 0.3) is 0 Å². The predicted octanol–water partition coefficient (Wildman–Crippen LogP) is 1.61. The van der Waals surface area contributed by atoms with E-state index in [-0.39, 0.29) is 17.0 Å². The summed E-state index contributed by atoms with van der Waals surface area (Å²) in [6.45, 7) is 2.60. The highest BCUT2D eigenvalue weighted by Crippen LogP contribution is 2.18. The van der Waals surface area contributed by atoms with Crippen LogP contribution in [0.5, 0.6) is 5.75 Å². The van der Waals surface area contributed by atoms with Crippen molar-refractivity contribution in [2.45, 2.75) is 36.6 Å². The van der Waals surface area contributed by atoms with Crippen LogP contribution < -0.4 is 10.1 Å². The lowest BCUT2D eigenvalue weighted by Gasteiger charge is -2.26. The first kappa shape index (κ1) is 17.9. The van der Waals surface area contributed by atoms with E-state index in [1.54, 1.807) is 24.3 Å². The number of benzene rings is 1. The van der Waals surface area contributed by atoms with Crippen LogP contribution in [0.1, 0.15) is 26.2 Å². The van der Waals surface area contributed by atoms with Crippen molar-refractivity contribution in [2.75, 3.05) is 26.5 Å². The Labute approximate surface area is 127 Å². The number of likely N-dealkylation sites (N-methyl/N-ethyl adjacent to an activating group) is 1. The molecule has 120 valence electrons. The Bertz CT molecular complexity index is 538. The van der Waals surface area contributed by atoms with Gasteiger partial charge in [0.25, 0.3) is 0 Å². The summed E-state index contributed by atoms with van der Waals surface area (Å²) in [6, 6.07) is 6.53. The monoisotopic (exact) mass is 315 g/mol. The minimum Gasteiger partial charge on any atom is -0.494 e. The molecule has 0 aliphatic rings. The van der Waals surface area contributed by atoms with Crippen molar-refractivity contribution in [3.63, 3.8) is 0 Å². The van der Waals surface area contributed by atoms with Gasteiger partial charge < -0.3 is 15.2 Å². The summed E-state index contributed by atoms with van der Waals surface area (Å²) in [6.07, 6.45) is 3.80. The first-order valence-corrected chi connectivity index (χ1v) is 8.92. The van der Waals surface area contributed by atoms with Gasteiger partial charge in [0.1, 0.15) is 5.75 Å². The number of ether oxygens (including phenoxy) is 1. The normalized spacial score (nSPS) is 14.7. The fourth-order valence-corrected chi connectivity index (χ4v) is 2.54. The largest absolute Gasteiger partial charge is 0.494 e. The Kier molecular flexibility index (Phi) is 6.64. The van der Waals surface area contributed by atoms with E-state index < -0.39 is 9.84 Å². The van der Waals surface area contributed by atoms with E-state index in [0.717, 1.165) is 19.3 Å². The first-order valence-electron chi connectivity index (χ1n) is 7.03. The molecule has 5 nitrogen and oxygen atoms in total. The molecule has 1 rings (SSSR count). The molecule has 0 spiro atoms. The second-order valence-corrected chi connectivity index (χ2v) is 7.54. The van der Waals surface area contributed by atoms with E-state index >= 15 is 0 Å². The maximum atomic E-state index is 11.5. The van der Waals surface area contributed by atoms with Crippen molar-refractivity contribution >= 4 is 9.84 Å². The molecule has 2 N–H and O–H groups in total. The second-order valence-electron chi connectivity index (χ2n) is 5.52. The molecule has 1 aromatic carbocycles. The Morgan fingerprint density at radius 1 is 1.33 bits per heavy atom. The number of aliphatic hydroxyl groups is 1. The van der Waals surface area contributed by atoms with Gasteiger partial charge in [-0.2, -0.15) is 0 Å². The molecule has 0 fully saturated rings. The van der Waals surface area contributed by atoms with Crippen LogP contribution in [0.2, 0.25) is 0 Å². The topological polar surface area (TPSA) is 75.6 Å². The zero-order valence-electron chi connectivity index (χ0n) is 12.9. The van der Waals surface area contributed by atoms with Crippen molar-refractivity contribution in [2.24, 2.45) is 0 Å². The number of rotatable bonds is 9. The lowest BCUT2D eigenvalue weighted by Crippen LogP contribution is -2.43. The van der Waals surface area contributed by atoms with Gasteiger partial charge in [-0.1, -0.05) is 6.07 Å². The number of nitrogens with one attached hydrogen (secondary N) is 1. The summed E-state index contributed by atoms with van der Waals surface area (Å²) in [7, 11) is -1.37. The van der Waals surface area contributed by atoms with Gasteiger partial charge >= 0.3 is 0 Å². The minimum atomic E-state index is -3.20. The summed E-state index contributed by atoms with van der Waals surface area (Å²) in [5, 5.41) is 12.4. The second kappa shape index (κ2) is 7.77. The van der Waals surface area contributed by atoms with Crippen LogP contribution in [0.15, 0.2) is 29.2 Å². The maximum absolute atomic E-state index is 11.5. The van der Waals surface area contributed by atoms with Gasteiger partial charge in [-0.15, -0.1) is 0 Å². The van der Waals surface area contributed by atoms with Gasteiger partial charge in [-0.25, -0.2) is 8.42 Å². The van der Waals surface area contributed by atoms with E-state index in [1.807, 2.05) is 14.0 Å². The predicted molar refractivity (Wildman–Crippen MR) is 83.4 cm³/mol. The fraction of sp³-hybridized carbons (Fsp3) is 0.600. The van der Waals surface area contributed by atoms with E-state index in [0.29, 0.717) is 12.4 Å². The molecule has 0 aliphatic heterocycles. The van der Waals surface area contributed by atoms with Gasteiger partial charge in [-0.05, 0) is 51.4 Å². The third kappa shape index (κ3) is 6.03. The van der Waals surface area contributed by atoms with E-state index in [4.69, 9.17) is 4.74 Å². The van der Waals surface area contributed by atoms with Gasteiger partial charge in [-0.3, -0.25) is 0 Å². The lowest BCUT2D eigenvalue weighted by atomic mass is 9.96. The molecular formula is C15H25NO4S. The van der Waals surface area contributed by atoms with Crippen molar-refractivity contribution in [1.82, 2.24) is 5.32 Å². The zero-order valence-corrected chi connectivity index (χ0v) is 13.7. The Balaban J connectivity index is 2.40.